The highest BCUT2D eigenvalue weighted by atomic mass is 16.5. The molecule has 0 aliphatic carbocycles. The molecule has 3 rings (SSSR count). The van der Waals surface area contributed by atoms with Crippen LogP contribution in [-0.4, -0.2) is 21.4 Å². The summed E-state index contributed by atoms with van der Waals surface area (Å²) >= 11 is 0. The third-order valence-corrected chi connectivity index (χ3v) is 3.12. The Kier molecular flexibility index (Phi) is 2.55. The van der Waals surface area contributed by atoms with E-state index in [1.54, 1.807) is 6.33 Å². The lowest BCUT2D eigenvalue weighted by Gasteiger charge is -2.10. The fraction of sp³-hybridized carbons (Fsp3) is 0.385. The van der Waals surface area contributed by atoms with E-state index >= 15 is 0 Å². The summed E-state index contributed by atoms with van der Waals surface area (Å²) < 4.78 is 7.81. The van der Waals surface area contributed by atoms with Gasteiger partial charge in [0, 0.05) is 12.1 Å². The van der Waals surface area contributed by atoms with Crippen molar-refractivity contribution in [2.24, 2.45) is 0 Å². The highest BCUT2D eigenvalue weighted by molar-refractivity contribution is 5.42. The van der Waals surface area contributed by atoms with Gasteiger partial charge in [0.1, 0.15) is 24.5 Å². The van der Waals surface area contributed by atoms with Gasteiger partial charge in [0.15, 0.2) is 0 Å². The van der Waals surface area contributed by atoms with Crippen LogP contribution in [0.25, 0.3) is 0 Å². The summed E-state index contributed by atoms with van der Waals surface area (Å²) in [6.07, 6.45) is 2.89. The van der Waals surface area contributed by atoms with Crippen LogP contribution >= 0.6 is 0 Å². The Bertz CT molecular complexity index is 521. The summed E-state index contributed by atoms with van der Waals surface area (Å²) in [6, 6.07) is 8.16. The van der Waals surface area contributed by atoms with E-state index < -0.39 is 0 Å². The zero-order chi connectivity index (χ0) is 11.7. The van der Waals surface area contributed by atoms with Gasteiger partial charge in [-0.05, 0) is 12.5 Å². The van der Waals surface area contributed by atoms with Crippen molar-refractivity contribution in [3.63, 3.8) is 0 Å². The number of hydrogen-bond acceptors (Lipinski definition) is 3. The minimum atomic E-state index is 0.222. The molecule has 4 nitrogen and oxygen atoms in total. The lowest BCUT2D eigenvalue weighted by atomic mass is 10.0. The normalized spacial score (nSPS) is 17.8. The van der Waals surface area contributed by atoms with Gasteiger partial charge in [-0.15, -0.1) is 10.2 Å². The molecule has 1 aliphatic heterocycles. The highest BCUT2D eigenvalue weighted by Gasteiger charge is 2.28. The summed E-state index contributed by atoms with van der Waals surface area (Å²) in [5, 5.41) is 8.26. The summed E-state index contributed by atoms with van der Waals surface area (Å²) in [5.74, 6) is 2.21. The summed E-state index contributed by atoms with van der Waals surface area (Å²) in [7, 11) is 0. The predicted molar refractivity (Wildman–Crippen MR) is 64.1 cm³/mol. The van der Waals surface area contributed by atoms with Crippen molar-refractivity contribution < 1.29 is 4.74 Å². The number of nitrogens with zero attached hydrogens (tertiary/aromatic N) is 3. The molecule has 1 aromatic carbocycles. The van der Waals surface area contributed by atoms with E-state index in [1.165, 1.54) is 5.56 Å². The predicted octanol–water partition coefficient (Wildman–Crippen LogP) is 2.21. The van der Waals surface area contributed by atoms with Crippen molar-refractivity contribution in [3.05, 3.63) is 42.0 Å². The molecule has 0 fully saturated rings. The average Bonchev–Trinajstić information content (AvgIpc) is 2.95. The van der Waals surface area contributed by atoms with E-state index in [-0.39, 0.29) is 5.92 Å². The molecule has 1 aromatic heterocycles. The van der Waals surface area contributed by atoms with E-state index in [1.807, 2.05) is 18.2 Å². The standard InChI is InChI=1S/C13H15N3O/c1-2-7-16-9-14-15-13(16)11-8-17-12-6-4-3-5-10(11)12/h3-6,9,11H,2,7-8H2,1H3. The van der Waals surface area contributed by atoms with Crippen LogP contribution in [0.1, 0.15) is 30.7 Å². The van der Waals surface area contributed by atoms with Crippen LogP contribution < -0.4 is 4.74 Å². The molecule has 4 heteroatoms. The van der Waals surface area contributed by atoms with Crippen LogP contribution in [0.15, 0.2) is 30.6 Å². The maximum atomic E-state index is 5.69. The second-order valence-corrected chi connectivity index (χ2v) is 4.28. The quantitative estimate of drug-likeness (QED) is 0.810. The van der Waals surface area contributed by atoms with Crippen LogP contribution in [0.3, 0.4) is 0 Å². The van der Waals surface area contributed by atoms with E-state index in [9.17, 15) is 0 Å². The molecule has 0 N–H and O–H groups in total. The first-order valence-corrected chi connectivity index (χ1v) is 5.99. The van der Waals surface area contributed by atoms with Gasteiger partial charge < -0.3 is 9.30 Å². The second-order valence-electron chi connectivity index (χ2n) is 4.28. The molecule has 0 bridgehead atoms. The number of benzene rings is 1. The zero-order valence-electron chi connectivity index (χ0n) is 9.84. The van der Waals surface area contributed by atoms with E-state index in [0.717, 1.165) is 24.5 Å². The molecule has 1 unspecified atom stereocenters. The Labute approximate surface area is 100 Å². The van der Waals surface area contributed by atoms with Crippen LogP contribution in [0.5, 0.6) is 5.75 Å². The molecule has 1 atom stereocenters. The molecule has 88 valence electrons. The number of aromatic nitrogens is 3. The van der Waals surface area contributed by atoms with Gasteiger partial charge in [-0.3, -0.25) is 0 Å². The topological polar surface area (TPSA) is 39.9 Å². The molecule has 0 saturated carbocycles. The van der Waals surface area contributed by atoms with Crippen molar-refractivity contribution in [1.29, 1.82) is 0 Å². The Morgan fingerprint density at radius 1 is 1.41 bits per heavy atom. The Balaban J connectivity index is 1.98. The van der Waals surface area contributed by atoms with Crippen LogP contribution in [-0.2, 0) is 6.54 Å². The van der Waals surface area contributed by atoms with Crippen molar-refractivity contribution in [3.8, 4) is 5.75 Å². The lowest BCUT2D eigenvalue weighted by molar-refractivity contribution is 0.337. The number of hydrogen-bond donors (Lipinski definition) is 0. The molecule has 0 radical (unpaired) electrons. The first-order valence-electron chi connectivity index (χ1n) is 5.99. The minimum Gasteiger partial charge on any atom is -0.492 e. The SMILES string of the molecule is CCCn1cnnc1C1COc2ccccc21. The van der Waals surface area contributed by atoms with Crippen molar-refractivity contribution in [2.45, 2.75) is 25.8 Å². The molecular weight excluding hydrogens is 214 g/mol. The number of fused-ring (bicyclic) bond motifs is 1. The minimum absolute atomic E-state index is 0.222. The number of aryl methyl sites for hydroxylation is 1. The van der Waals surface area contributed by atoms with Crippen molar-refractivity contribution in [1.82, 2.24) is 14.8 Å². The van der Waals surface area contributed by atoms with Crippen LogP contribution in [0, 0.1) is 0 Å². The summed E-state index contributed by atoms with van der Waals surface area (Å²) in [6.45, 7) is 3.78. The van der Waals surface area contributed by atoms with E-state index in [0.29, 0.717) is 6.61 Å². The summed E-state index contributed by atoms with van der Waals surface area (Å²) in [4.78, 5) is 0. The Morgan fingerprint density at radius 2 is 2.29 bits per heavy atom. The monoisotopic (exact) mass is 229 g/mol. The lowest BCUT2D eigenvalue weighted by Crippen LogP contribution is -2.11. The highest BCUT2D eigenvalue weighted by Crippen LogP contribution is 2.36. The third-order valence-electron chi connectivity index (χ3n) is 3.12. The largest absolute Gasteiger partial charge is 0.492 e. The maximum absolute atomic E-state index is 5.69. The molecular formula is C13H15N3O. The van der Waals surface area contributed by atoms with Crippen LogP contribution in [0.4, 0.5) is 0 Å². The third kappa shape index (κ3) is 1.69. The number of ether oxygens (including phenoxy) is 1. The smallest absolute Gasteiger partial charge is 0.143 e. The zero-order valence-corrected chi connectivity index (χ0v) is 9.84. The Morgan fingerprint density at radius 3 is 3.18 bits per heavy atom. The van der Waals surface area contributed by atoms with Gasteiger partial charge in [0.05, 0.1) is 5.92 Å². The molecule has 0 saturated heterocycles. The van der Waals surface area contributed by atoms with Gasteiger partial charge >= 0.3 is 0 Å². The molecule has 17 heavy (non-hydrogen) atoms. The average molecular weight is 229 g/mol. The maximum Gasteiger partial charge on any atom is 0.143 e. The van der Waals surface area contributed by atoms with Crippen LogP contribution in [0.2, 0.25) is 0 Å². The van der Waals surface area contributed by atoms with Gasteiger partial charge in [0.2, 0.25) is 0 Å². The number of rotatable bonds is 3. The van der Waals surface area contributed by atoms with Crippen molar-refractivity contribution in [2.75, 3.05) is 6.61 Å². The fourth-order valence-electron chi connectivity index (χ4n) is 2.32. The molecule has 0 spiro atoms. The second kappa shape index (κ2) is 4.20. The Hall–Kier alpha value is -1.84. The fourth-order valence-corrected chi connectivity index (χ4v) is 2.32. The molecule has 2 heterocycles. The first kappa shape index (κ1) is 10.3. The molecule has 1 aliphatic rings. The van der Waals surface area contributed by atoms with Gasteiger partial charge in [-0.2, -0.15) is 0 Å². The van der Waals surface area contributed by atoms with Crippen molar-refractivity contribution >= 4 is 0 Å². The van der Waals surface area contributed by atoms with E-state index in [4.69, 9.17) is 4.74 Å². The van der Waals surface area contributed by atoms with Gasteiger partial charge in [0.25, 0.3) is 0 Å². The van der Waals surface area contributed by atoms with Gasteiger partial charge in [-0.25, -0.2) is 0 Å². The first-order chi connectivity index (χ1) is 8.40. The molecule has 2 aromatic rings. The molecule has 0 amide bonds. The number of para-hydroxylation sites is 1. The van der Waals surface area contributed by atoms with E-state index in [2.05, 4.69) is 27.8 Å². The summed E-state index contributed by atoms with van der Waals surface area (Å²) in [5.41, 5.74) is 1.22. The van der Waals surface area contributed by atoms with Gasteiger partial charge in [-0.1, -0.05) is 25.1 Å².